The zero-order valence-electron chi connectivity index (χ0n) is 11.7. The summed E-state index contributed by atoms with van der Waals surface area (Å²) >= 11 is 0. The van der Waals surface area contributed by atoms with Crippen molar-refractivity contribution in [3.8, 4) is 0 Å². The largest absolute Gasteiger partial charge is 0.382 e. The van der Waals surface area contributed by atoms with Crippen LogP contribution >= 0.6 is 0 Å². The molecule has 1 saturated carbocycles. The minimum atomic E-state index is 0.633. The second-order valence-electron chi connectivity index (χ2n) is 5.79. The summed E-state index contributed by atoms with van der Waals surface area (Å²) < 4.78 is 0. The van der Waals surface area contributed by atoms with Crippen molar-refractivity contribution in [1.82, 2.24) is 0 Å². The summed E-state index contributed by atoms with van der Waals surface area (Å²) in [5.74, 6) is 0.739. The van der Waals surface area contributed by atoms with Crippen LogP contribution in [-0.4, -0.2) is 6.04 Å². The second kappa shape index (κ2) is 5.08. The molecule has 0 unspecified atom stereocenters. The molecule has 0 radical (unpaired) electrons. The number of aryl methyl sites for hydroxylation is 2. The Balaban J connectivity index is 1.57. The van der Waals surface area contributed by atoms with Gasteiger partial charge in [0.05, 0.1) is 0 Å². The third-order valence-corrected chi connectivity index (χ3v) is 4.07. The maximum atomic E-state index is 3.62. The van der Waals surface area contributed by atoms with Crippen LogP contribution in [0.1, 0.15) is 35.4 Å². The molecule has 1 N–H and O–H groups in total. The van der Waals surface area contributed by atoms with Gasteiger partial charge in [-0.2, -0.15) is 0 Å². The van der Waals surface area contributed by atoms with Crippen molar-refractivity contribution in [2.24, 2.45) is 0 Å². The molecule has 3 rings (SSSR count). The average Bonchev–Trinajstić information content (AvgIpc) is 2.35. The van der Waals surface area contributed by atoms with E-state index in [0.29, 0.717) is 6.04 Å². The van der Waals surface area contributed by atoms with Crippen molar-refractivity contribution in [1.29, 1.82) is 0 Å². The van der Waals surface area contributed by atoms with Gasteiger partial charge in [0.15, 0.2) is 0 Å². The zero-order valence-corrected chi connectivity index (χ0v) is 11.7. The van der Waals surface area contributed by atoms with Crippen LogP contribution in [-0.2, 0) is 0 Å². The minimum Gasteiger partial charge on any atom is -0.382 e. The van der Waals surface area contributed by atoms with Gasteiger partial charge in [-0.3, -0.25) is 0 Å². The molecule has 98 valence electrons. The summed E-state index contributed by atoms with van der Waals surface area (Å²) in [7, 11) is 0. The molecule has 0 saturated heterocycles. The highest BCUT2D eigenvalue weighted by Crippen LogP contribution is 2.38. The van der Waals surface area contributed by atoms with Crippen LogP contribution in [0.4, 0.5) is 5.69 Å². The minimum absolute atomic E-state index is 0.633. The Morgan fingerprint density at radius 2 is 1.63 bits per heavy atom. The van der Waals surface area contributed by atoms with Crippen molar-refractivity contribution in [2.45, 2.75) is 38.6 Å². The van der Waals surface area contributed by atoms with Gasteiger partial charge in [0.25, 0.3) is 0 Å². The third-order valence-electron chi connectivity index (χ3n) is 4.07. The first-order valence-corrected chi connectivity index (χ1v) is 7.10. The SMILES string of the molecule is Cc1ccc(NC2CC(c3cccc(C)c3)C2)cc1. The smallest absolute Gasteiger partial charge is 0.0342 e. The van der Waals surface area contributed by atoms with Gasteiger partial charge in [0, 0.05) is 11.7 Å². The van der Waals surface area contributed by atoms with E-state index in [1.165, 1.54) is 35.2 Å². The number of benzene rings is 2. The standard InChI is InChI=1S/C18H21N/c1-13-6-8-17(9-7-13)19-18-11-16(12-18)15-5-3-4-14(2)10-15/h3-10,16,18-19H,11-12H2,1-2H3. The summed E-state index contributed by atoms with van der Waals surface area (Å²) in [4.78, 5) is 0. The van der Waals surface area contributed by atoms with E-state index in [0.717, 1.165) is 5.92 Å². The Labute approximate surface area is 115 Å². The van der Waals surface area contributed by atoms with Crippen LogP contribution in [0.2, 0.25) is 0 Å². The molecule has 1 nitrogen and oxygen atoms in total. The lowest BCUT2D eigenvalue weighted by molar-refractivity contribution is 0.374. The Kier molecular flexibility index (Phi) is 3.29. The molecule has 0 bridgehead atoms. The van der Waals surface area contributed by atoms with Gasteiger partial charge in [0.2, 0.25) is 0 Å². The van der Waals surface area contributed by atoms with Crippen molar-refractivity contribution in [3.63, 3.8) is 0 Å². The van der Waals surface area contributed by atoms with Crippen molar-refractivity contribution >= 4 is 5.69 Å². The number of hydrogen-bond acceptors (Lipinski definition) is 1. The predicted molar refractivity (Wildman–Crippen MR) is 81.7 cm³/mol. The molecule has 0 aromatic heterocycles. The normalized spacial score (nSPS) is 21.8. The predicted octanol–water partition coefficient (Wildman–Crippen LogP) is 4.66. The molecule has 1 fully saturated rings. The van der Waals surface area contributed by atoms with Crippen LogP contribution < -0.4 is 5.32 Å². The first-order chi connectivity index (χ1) is 9.20. The fraction of sp³-hybridized carbons (Fsp3) is 0.333. The monoisotopic (exact) mass is 251 g/mol. The highest BCUT2D eigenvalue weighted by molar-refractivity contribution is 5.46. The summed E-state index contributed by atoms with van der Waals surface area (Å²) in [5, 5.41) is 3.62. The lowest BCUT2D eigenvalue weighted by Gasteiger charge is -2.37. The first kappa shape index (κ1) is 12.3. The van der Waals surface area contributed by atoms with E-state index in [1.54, 1.807) is 0 Å². The van der Waals surface area contributed by atoms with Crippen molar-refractivity contribution < 1.29 is 0 Å². The molecule has 1 aliphatic carbocycles. The van der Waals surface area contributed by atoms with E-state index in [1.807, 2.05) is 0 Å². The maximum absolute atomic E-state index is 3.62. The number of hydrogen-bond donors (Lipinski definition) is 1. The quantitative estimate of drug-likeness (QED) is 0.836. The summed E-state index contributed by atoms with van der Waals surface area (Å²) in [6.45, 7) is 4.30. The molecular formula is C18H21N. The molecule has 2 aromatic carbocycles. The molecule has 0 aliphatic heterocycles. The Morgan fingerprint density at radius 1 is 0.895 bits per heavy atom. The number of rotatable bonds is 3. The van der Waals surface area contributed by atoms with Gasteiger partial charge < -0.3 is 5.32 Å². The van der Waals surface area contributed by atoms with E-state index in [9.17, 15) is 0 Å². The molecule has 0 amide bonds. The van der Waals surface area contributed by atoms with Crippen LogP contribution in [0.5, 0.6) is 0 Å². The average molecular weight is 251 g/mol. The van der Waals surface area contributed by atoms with Crippen molar-refractivity contribution in [2.75, 3.05) is 5.32 Å². The van der Waals surface area contributed by atoms with E-state index in [4.69, 9.17) is 0 Å². The fourth-order valence-corrected chi connectivity index (χ4v) is 2.82. The van der Waals surface area contributed by atoms with E-state index in [-0.39, 0.29) is 0 Å². The maximum Gasteiger partial charge on any atom is 0.0342 e. The van der Waals surface area contributed by atoms with Gasteiger partial charge in [0.1, 0.15) is 0 Å². The van der Waals surface area contributed by atoms with E-state index < -0.39 is 0 Å². The first-order valence-electron chi connectivity index (χ1n) is 7.10. The molecule has 1 heteroatoms. The van der Waals surface area contributed by atoms with Crippen LogP contribution in [0.15, 0.2) is 48.5 Å². The van der Waals surface area contributed by atoms with E-state index >= 15 is 0 Å². The van der Waals surface area contributed by atoms with Crippen LogP contribution in [0.25, 0.3) is 0 Å². The Hall–Kier alpha value is -1.76. The topological polar surface area (TPSA) is 12.0 Å². The lowest BCUT2D eigenvalue weighted by atomic mass is 9.75. The zero-order chi connectivity index (χ0) is 13.2. The third kappa shape index (κ3) is 2.81. The molecular weight excluding hydrogens is 230 g/mol. The molecule has 0 atom stereocenters. The van der Waals surface area contributed by atoms with Gasteiger partial charge in [-0.1, -0.05) is 47.5 Å². The summed E-state index contributed by atoms with van der Waals surface area (Å²) in [5.41, 5.74) is 5.43. The van der Waals surface area contributed by atoms with E-state index in [2.05, 4.69) is 67.7 Å². The van der Waals surface area contributed by atoms with Gasteiger partial charge >= 0.3 is 0 Å². The molecule has 1 aliphatic rings. The highest BCUT2D eigenvalue weighted by Gasteiger charge is 2.30. The molecule has 0 spiro atoms. The molecule has 0 heterocycles. The Bertz CT molecular complexity index is 550. The Morgan fingerprint density at radius 3 is 2.32 bits per heavy atom. The lowest BCUT2D eigenvalue weighted by Crippen LogP contribution is -2.33. The second-order valence-corrected chi connectivity index (χ2v) is 5.79. The highest BCUT2D eigenvalue weighted by atomic mass is 14.9. The number of anilines is 1. The van der Waals surface area contributed by atoms with Crippen LogP contribution in [0.3, 0.4) is 0 Å². The molecule has 2 aromatic rings. The van der Waals surface area contributed by atoms with Gasteiger partial charge in [-0.25, -0.2) is 0 Å². The van der Waals surface area contributed by atoms with Crippen LogP contribution in [0, 0.1) is 13.8 Å². The van der Waals surface area contributed by atoms with Gasteiger partial charge in [-0.05, 0) is 50.3 Å². The molecule has 19 heavy (non-hydrogen) atoms. The summed E-state index contributed by atoms with van der Waals surface area (Å²) in [6.07, 6.45) is 2.49. The number of nitrogens with one attached hydrogen (secondary N) is 1. The van der Waals surface area contributed by atoms with Gasteiger partial charge in [-0.15, -0.1) is 0 Å². The summed E-state index contributed by atoms with van der Waals surface area (Å²) in [6, 6.07) is 18.2. The fourth-order valence-electron chi connectivity index (χ4n) is 2.82. The van der Waals surface area contributed by atoms with Crippen molar-refractivity contribution in [3.05, 3.63) is 65.2 Å².